The van der Waals surface area contributed by atoms with Crippen LogP contribution in [0.4, 0.5) is 15.8 Å². The second kappa shape index (κ2) is 8.79. The minimum Gasteiger partial charge on any atom is -0.493 e. The minimum absolute atomic E-state index is 0.296. The molecule has 7 heteroatoms. The fourth-order valence-electron chi connectivity index (χ4n) is 3.20. The van der Waals surface area contributed by atoms with Gasteiger partial charge in [-0.2, -0.15) is 0 Å². The van der Waals surface area contributed by atoms with E-state index in [0.717, 1.165) is 0 Å². The first-order chi connectivity index (χ1) is 15.1. The number of nitrogens with one attached hydrogen (secondary N) is 1. The molecule has 0 saturated heterocycles. The lowest BCUT2D eigenvalue weighted by atomic mass is 10.1. The quantitative estimate of drug-likeness (QED) is 0.400. The predicted molar refractivity (Wildman–Crippen MR) is 118 cm³/mol. The highest BCUT2D eigenvalue weighted by molar-refractivity contribution is 5.95. The third kappa shape index (κ3) is 4.16. The van der Waals surface area contributed by atoms with Crippen LogP contribution < -0.4 is 24.3 Å². The van der Waals surface area contributed by atoms with Crippen molar-refractivity contribution in [2.24, 2.45) is 0 Å². The number of benzene rings is 3. The summed E-state index contributed by atoms with van der Waals surface area (Å²) >= 11 is 0. The summed E-state index contributed by atoms with van der Waals surface area (Å²) in [7, 11) is 4.67. The molecule has 0 radical (unpaired) electrons. The van der Waals surface area contributed by atoms with Crippen molar-refractivity contribution in [3.05, 3.63) is 72.7 Å². The summed E-state index contributed by atoms with van der Waals surface area (Å²) in [5.74, 6) is 2.41. The first kappa shape index (κ1) is 20.3. The van der Waals surface area contributed by atoms with Crippen molar-refractivity contribution in [1.29, 1.82) is 0 Å². The third-order valence-electron chi connectivity index (χ3n) is 4.75. The molecule has 0 aliphatic rings. The molecule has 4 rings (SSSR count). The van der Waals surface area contributed by atoms with E-state index in [1.807, 2.05) is 24.3 Å². The van der Waals surface area contributed by atoms with Crippen LogP contribution in [0.5, 0.6) is 28.7 Å². The molecule has 0 aliphatic carbocycles. The van der Waals surface area contributed by atoms with Crippen LogP contribution in [0.2, 0.25) is 0 Å². The summed E-state index contributed by atoms with van der Waals surface area (Å²) in [6, 6.07) is 18.0. The van der Waals surface area contributed by atoms with Gasteiger partial charge in [-0.25, -0.2) is 4.39 Å². The van der Waals surface area contributed by atoms with Gasteiger partial charge < -0.3 is 24.3 Å². The normalized spacial score (nSPS) is 10.6. The largest absolute Gasteiger partial charge is 0.493 e. The highest BCUT2D eigenvalue weighted by Crippen LogP contribution is 2.37. The van der Waals surface area contributed by atoms with Gasteiger partial charge in [0.1, 0.15) is 5.75 Å². The van der Waals surface area contributed by atoms with Crippen LogP contribution in [0.1, 0.15) is 0 Å². The Hall–Kier alpha value is -4.00. The number of nitrogens with zero attached hydrogens (tertiary/aromatic N) is 1. The van der Waals surface area contributed by atoms with Gasteiger partial charge in [-0.05, 0) is 42.5 Å². The second-order valence-electron chi connectivity index (χ2n) is 6.61. The Balaban J connectivity index is 1.62. The number of aromatic nitrogens is 1. The molecule has 0 amide bonds. The molecular weight excluding hydrogens is 399 g/mol. The van der Waals surface area contributed by atoms with Crippen LogP contribution in [0.25, 0.3) is 10.9 Å². The summed E-state index contributed by atoms with van der Waals surface area (Å²) in [5, 5.41) is 3.70. The Labute approximate surface area is 179 Å². The van der Waals surface area contributed by atoms with E-state index < -0.39 is 5.82 Å². The SMILES string of the molecule is COc1cc2ncc(F)c(Nc3ccc(Oc4ccccc4OC)cc3)c2cc1OC. The van der Waals surface area contributed by atoms with E-state index in [0.29, 0.717) is 51.0 Å². The number of halogens is 1. The maximum Gasteiger partial charge on any atom is 0.169 e. The topological polar surface area (TPSA) is 61.8 Å². The van der Waals surface area contributed by atoms with Crippen molar-refractivity contribution in [2.45, 2.75) is 0 Å². The van der Waals surface area contributed by atoms with Crippen LogP contribution in [-0.4, -0.2) is 26.3 Å². The number of hydrogen-bond acceptors (Lipinski definition) is 6. The Morgan fingerprint density at radius 3 is 2.10 bits per heavy atom. The van der Waals surface area contributed by atoms with Gasteiger partial charge in [0, 0.05) is 17.1 Å². The first-order valence-corrected chi connectivity index (χ1v) is 9.51. The molecule has 158 valence electrons. The Bertz CT molecular complexity index is 1210. The Kier molecular flexibility index (Phi) is 5.75. The van der Waals surface area contributed by atoms with Crippen LogP contribution >= 0.6 is 0 Å². The first-order valence-electron chi connectivity index (χ1n) is 9.51. The van der Waals surface area contributed by atoms with Crippen molar-refractivity contribution in [2.75, 3.05) is 26.6 Å². The summed E-state index contributed by atoms with van der Waals surface area (Å²) in [5.41, 5.74) is 1.57. The van der Waals surface area contributed by atoms with Crippen molar-refractivity contribution >= 4 is 22.3 Å². The highest BCUT2D eigenvalue weighted by Gasteiger charge is 2.14. The molecule has 3 aromatic carbocycles. The number of hydrogen-bond donors (Lipinski definition) is 1. The number of fused-ring (bicyclic) bond motifs is 1. The van der Waals surface area contributed by atoms with E-state index in [9.17, 15) is 4.39 Å². The van der Waals surface area contributed by atoms with Gasteiger partial charge in [0.25, 0.3) is 0 Å². The van der Waals surface area contributed by atoms with E-state index in [-0.39, 0.29) is 0 Å². The molecular formula is C24H21FN2O4. The molecule has 6 nitrogen and oxygen atoms in total. The molecule has 0 spiro atoms. The minimum atomic E-state index is -0.478. The van der Waals surface area contributed by atoms with Crippen molar-refractivity contribution in [3.8, 4) is 28.7 Å². The van der Waals surface area contributed by atoms with Gasteiger partial charge >= 0.3 is 0 Å². The van der Waals surface area contributed by atoms with Crippen molar-refractivity contribution < 1.29 is 23.3 Å². The number of anilines is 2. The van der Waals surface area contributed by atoms with Gasteiger partial charge in [-0.3, -0.25) is 4.98 Å². The maximum absolute atomic E-state index is 14.6. The monoisotopic (exact) mass is 420 g/mol. The summed E-state index contributed by atoms with van der Waals surface area (Å²) in [6.45, 7) is 0. The van der Waals surface area contributed by atoms with Gasteiger partial charge in [0.2, 0.25) is 0 Å². The smallest absolute Gasteiger partial charge is 0.169 e. The van der Waals surface area contributed by atoms with Gasteiger partial charge in [-0.15, -0.1) is 0 Å². The zero-order chi connectivity index (χ0) is 21.8. The van der Waals surface area contributed by atoms with E-state index in [1.54, 1.807) is 50.6 Å². The zero-order valence-corrected chi connectivity index (χ0v) is 17.3. The summed E-state index contributed by atoms with van der Waals surface area (Å²) < 4.78 is 36.5. The highest BCUT2D eigenvalue weighted by atomic mass is 19.1. The predicted octanol–water partition coefficient (Wildman–Crippen LogP) is 5.94. The lowest BCUT2D eigenvalue weighted by Crippen LogP contribution is -1.98. The number of para-hydroxylation sites is 2. The molecule has 0 aliphatic heterocycles. The molecule has 1 heterocycles. The second-order valence-corrected chi connectivity index (χ2v) is 6.61. The van der Waals surface area contributed by atoms with Crippen LogP contribution in [0.15, 0.2) is 66.9 Å². The molecule has 0 saturated carbocycles. The van der Waals surface area contributed by atoms with E-state index in [2.05, 4.69) is 10.3 Å². The standard InChI is InChI=1S/C24H21FN2O4/c1-28-20-6-4-5-7-21(20)31-16-10-8-15(9-11-16)27-24-17-12-22(29-2)23(30-3)13-19(17)26-14-18(24)25/h4-14H,1-3H3,(H,26,27). The van der Waals surface area contributed by atoms with Gasteiger partial charge in [-0.1, -0.05) is 12.1 Å². The Morgan fingerprint density at radius 1 is 0.774 bits per heavy atom. The molecule has 4 aromatic rings. The van der Waals surface area contributed by atoms with Gasteiger partial charge in [0.15, 0.2) is 28.8 Å². The maximum atomic E-state index is 14.6. The molecule has 31 heavy (non-hydrogen) atoms. The molecule has 0 atom stereocenters. The van der Waals surface area contributed by atoms with Crippen LogP contribution in [0.3, 0.4) is 0 Å². The number of pyridine rings is 1. The van der Waals surface area contributed by atoms with Crippen LogP contribution in [-0.2, 0) is 0 Å². The number of rotatable bonds is 7. The number of ether oxygens (including phenoxy) is 4. The lowest BCUT2D eigenvalue weighted by molar-refractivity contribution is 0.356. The molecule has 0 bridgehead atoms. The average Bonchev–Trinajstić information content (AvgIpc) is 2.81. The van der Waals surface area contributed by atoms with Gasteiger partial charge in [0.05, 0.1) is 38.7 Å². The third-order valence-corrected chi connectivity index (χ3v) is 4.75. The summed E-state index contributed by atoms with van der Waals surface area (Å²) in [4.78, 5) is 4.16. The summed E-state index contributed by atoms with van der Waals surface area (Å²) in [6.07, 6.45) is 1.18. The van der Waals surface area contributed by atoms with Crippen molar-refractivity contribution in [3.63, 3.8) is 0 Å². The van der Waals surface area contributed by atoms with E-state index in [4.69, 9.17) is 18.9 Å². The number of methoxy groups -OCH3 is 3. The fourth-order valence-corrected chi connectivity index (χ4v) is 3.20. The fraction of sp³-hybridized carbons (Fsp3) is 0.125. The zero-order valence-electron chi connectivity index (χ0n) is 17.3. The van der Waals surface area contributed by atoms with E-state index in [1.165, 1.54) is 13.3 Å². The van der Waals surface area contributed by atoms with Crippen molar-refractivity contribution in [1.82, 2.24) is 4.98 Å². The molecule has 0 unspecified atom stereocenters. The molecule has 0 fully saturated rings. The average molecular weight is 420 g/mol. The molecule has 1 N–H and O–H groups in total. The molecule has 1 aromatic heterocycles. The van der Waals surface area contributed by atoms with Crippen LogP contribution in [0, 0.1) is 5.82 Å². The Morgan fingerprint density at radius 2 is 1.42 bits per heavy atom. The lowest BCUT2D eigenvalue weighted by Gasteiger charge is -2.14. The van der Waals surface area contributed by atoms with E-state index >= 15 is 0 Å².